The number of amides is 2. The molecule has 2 unspecified atom stereocenters. The highest BCUT2D eigenvalue weighted by molar-refractivity contribution is 6.30. The molecule has 28 heavy (non-hydrogen) atoms. The van der Waals surface area contributed by atoms with Gasteiger partial charge in [0.2, 0.25) is 5.91 Å². The maximum atomic E-state index is 13.0. The SMILES string of the molecule is CC(C)C(NC(=O)c1ccc(Cl)cc1)C(=O)NC1CCCc2cc(N)ccc21. The van der Waals surface area contributed by atoms with Crippen LogP contribution in [-0.4, -0.2) is 17.9 Å². The molecule has 2 amide bonds. The standard InChI is InChI=1S/C22H26ClN3O2/c1-13(2)20(26-21(27)14-6-8-16(23)9-7-14)22(28)25-19-5-3-4-15-12-17(24)10-11-18(15)19/h6-13,19-20H,3-5,24H2,1-2H3,(H,25,28)(H,26,27). The van der Waals surface area contributed by atoms with Crippen LogP contribution in [0.4, 0.5) is 5.69 Å². The summed E-state index contributed by atoms with van der Waals surface area (Å²) in [7, 11) is 0. The molecule has 3 rings (SSSR count). The Morgan fingerprint density at radius 2 is 1.86 bits per heavy atom. The Bertz CT molecular complexity index is 865. The molecule has 0 aromatic heterocycles. The molecule has 148 valence electrons. The summed E-state index contributed by atoms with van der Waals surface area (Å²) >= 11 is 5.88. The highest BCUT2D eigenvalue weighted by Gasteiger charge is 2.29. The van der Waals surface area contributed by atoms with Gasteiger partial charge in [0.25, 0.3) is 5.91 Å². The van der Waals surface area contributed by atoms with E-state index in [2.05, 4.69) is 10.6 Å². The average molecular weight is 400 g/mol. The molecule has 1 aliphatic carbocycles. The molecule has 0 aliphatic heterocycles. The van der Waals surface area contributed by atoms with Crippen molar-refractivity contribution in [1.82, 2.24) is 10.6 Å². The fourth-order valence-electron chi connectivity index (χ4n) is 3.61. The third kappa shape index (κ3) is 4.65. The minimum atomic E-state index is -0.623. The van der Waals surface area contributed by atoms with Crippen molar-refractivity contribution in [2.24, 2.45) is 5.92 Å². The highest BCUT2D eigenvalue weighted by atomic mass is 35.5. The van der Waals surface area contributed by atoms with Gasteiger partial charge in [-0.1, -0.05) is 31.5 Å². The molecule has 0 radical (unpaired) electrons. The minimum absolute atomic E-state index is 0.0503. The first-order chi connectivity index (χ1) is 13.3. The van der Waals surface area contributed by atoms with E-state index >= 15 is 0 Å². The quantitative estimate of drug-likeness (QED) is 0.667. The second-order valence-corrected chi connectivity index (χ2v) is 8.05. The molecular weight excluding hydrogens is 374 g/mol. The van der Waals surface area contributed by atoms with Gasteiger partial charge in [-0.25, -0.2) is 0 Å². The summed E-state index contributed by atoms with van der Waals surface area (Å²) in [6.07, 6.45) is 2.83. The van der Waals surface area contributed by atoms with E-state index in [1.165, 1.54) is 5.56 Å². The van der Waals surface area contributed by atoms with Crippen molar-refractivity contribution in [3.8, 4) is 0 Å². The van der Waals surface area contributed by atoms with Crippen LogP contribution < -0.4 is 16.4 Å². The van der Waals surface area contributed by atoms with E-state index in [0.29, 0.717) is 10.6 Å². The normalized spacial score (nSPS) is 16.9. The third-order valence-corrected chi connectivity index (χ3v) is 5.39. The lowest BCUT2D eigenvalue weighted by Crippen LogP contribution is -2.50. The van der Waals surface area contributed by atoms with Crippen LogP contribution in [0.15, 0.2) is 42.5 Å². The number of nitrogens with two attached hydrogens (primary N) is 1. The molecule has 4 N–H and O–H groups in total. The fraction of sp³-hybridized carbons (Fsp3) is 0.364. The van der Waals surface area contributed by atoms with Crippen molar-refractivity contribution in [3.05, 3.63) is 64.2 Å². The molecular formula is C22H26ClN3O2. The molecule has 2 atom stereocenters. The van der Waals surface area contributed by atoms with Crippen LogP contribution in [0.25, 0.3) is 0 Å². The van der Waals surface area contributed by atoms with Crippen LogP contribution in [-0.2, 0) is 11.2 Å². The van der Waals surface area contributed by atoms with Crippen molar-refractivity contribution in [3.63, 3.8) is 0 Å². The van der Waals surface area contributed by atoms with Gasteiger partial charge in [-0.3, -0.25) is 9.59 Å². The lowest BCUT2D eigenvalue weighted by Gasteiger charge is -2.29. The number of anilines is 1. The van der Waals surface area contributed by atoms with Crippen molar-refractivity contribution in [1.29, 1.82) is 0 Å². The lowest BCUT2D eigenvalue weighted by atomic mass is 9.87. The molecule has 2 aromatic rings. The molecule has 2 aromatic carbocycles. The second-order valence-electron chi connectivity index (χ2n) is 7.61. The van der Waals surface area contributed by atoms with Crippen LogP contribution in [0.2, 0.25) is 5.02 Å². The lowest BCUT2D eigenvalue weighted by molar-refractivity contribution is -0.124. The van der Waals surface area contributed by atoms with Gasteiger partial charge in [0.05, 0.1) is 6.04 Å². The monoisotopic (exact) mass is 399 g/mol. The number of carbonyl (C=O) groups is 2. The smallest absolute Gasteiger partial charge is 0.251 e. The van der Waals surface area contributed by atoms with E-state index in [1.807, 2.05) is 32.0 Å². The maximum absolute atomic E-state index is 13.0. The summed E-state index contributed by atoms with van der Waals surface area (Å²) in [5.41, 5.74) is 9.40. The van der Waals surface area contributed by atoms with Crippen LogP contribution in [0, 0.1) is 5.92 Å². The molecule has 0 heterocycles. The number of hydrogen-bond donors (Lipinski definition) is 3. The number of carbonyl (C=O) groups excluding carboxylic acids is 2. The Kier molecular flexibility index (Phi) is 6.25. The Labute approximate surface area is 170 Å². The summed E-state index contributed by atoms with van der Waals surface area (Å²) in [5, 5.41) is 6.55. The molecule has 0 saturated carbocycles. The zero-order valence-electron chi connectivity index (χ0n) is 16.2. The summed E-state index contributed by atoms with van der Waals surface area (Å²) < 4.78 is 0. The molecule has 1 aliphatic rings. The van der Waals surface area contributed by atoms with Crippen molar-refractivity contribution < 1.29 is 9.59 Å². The molecule has 6 heteroatoms. The second kappa shape index (κ2) is 8.65. The van der Waals surface area contributed by atoms with Crippen molar-refractivity contribution in [2.45, 2.75) is 45.2 Å². The predicted octanol–water partition coefficient (Wildman–Crippen LogP) is 3.87. The van der Waals surface area contributed by atoms with Gasteiger partial charge in [0.1, 0.15) is 6.04 Å². The molecule has 0 spiro atoms. The minimum Gasteiger partial charge on any atom is -0.399 e. The number of rotatable bonds is 5. The average Bonchev–Trinajstić information content (AvgIpc) is 2.66. The third-order valence-electron chi connectivity index (χ3n) is 5.14. The van der Waals surface area contributed by atoms with Gasteiger partial charge in [-0.2, -0.15) is 0 Å². The predicted molar refractivity (Wildman–Crippen MR) is 112 cm³/mol. The maximum Gasteiger partial charge on any atom is 0.251 e. The first kappa shape index (κ1) is 20.2. The Hall–Kier alpha value is -2.53. The number of nitrogens with one attached hydrogen (secondary N) is 2. The van der Waals surface area contributed by atoms with Gasteiger partial charge in [0.15, 0.2) is 0 Å². The molecule has 5 nitrogen and oxygen atoms in total. The number of aryl methyl sites for hydroxylation is 1. The highest BCUT2D eigenvalue weighted by Crippen LogP contribution is 2.31. The Balaban J connectivity index is 1.72. The Morgan fingerprint density at radius 3 is 2.54 bits per heavy atom. The zero-order chi connectivity index (χ0) is 20.3. The molecule has 0 saturated heterocycles. The summed E-state index contributed by atoms with van der Waals surface area (Å²) in [5.74, 6) is -0.514. The summed E-state index contributed by atoms with van der Waals surface area (Å²) in [6.45, 7) is 3.84. The summed E-state index contributed by atoms with van der Waals surface area (Å²) in [4.78, 5) is 25.5. The van der Waals surface area contributed by atoms with E-state index in [0.717, 1.165) is 30.5 Å². The number of nitrogen functional groups attached to an aromatic ring is 1. The molecule has 0 bridgehead atoms. The first-order valence-electron chi connectivity index (χ1n) is 9.60. The number of benzene rings is 2. The van der Waals surface area contributed by atoms with Crippen LogP contribution >= 0.6 is 11.6 Å². The van der Waals surface area contributed by atoms with E-state index in [9.17, 15) is 9.59 Å². The number of fused-ring (bicyclic) bond motifs is 1. The van der Waals surface area contributed by atoms with E-state index < -0.39 is 6.04 Å². The van der Waals surface area contributed by atoms with Crippen LogP contribution in [0.1, 0.15) is 54.2 Å². The van der Waals surface area contributed by atoms with Crippen molar-refractivity contribution in [2.75, 3.05) is 5.73 Å². The van der Waals surface area contributed by atoms with Gasteiger partial charge in [-0.05, 0) is 72.7 Å². The van der Waals surface area contributed by atoms with Gasteiger partial charge in [-0.15, -0.1) is 0 Å². The summed E-state index contributed by atoms with van der Waals surface area (Å²) in [6, 6.07) is 11.8. The van der Waals surface area contributed by atoms with Crippen molar-refractivity contribution >= 4 is 29.1 Å². The van der Waals surface area contributed by atoms with Crippen LogP contribution in [0.3, 0.4) is 0 Å². The van der Waals surface area contributed by atoms with Gasteiger partial charge in [0, 0.05) is 16.3 Å². The largest absolute Gasteiger partial charge is 0.399 e. The zero-order valence-corrected chi connectivity index (χ0v) is 16.9. The first-order valence-corrected chi connectivity index (χ1v) is 9.98. The number of halogens is 1. The van der Waals surface area contributed by atoms with Crippen LogP contribution in [0.5, 0.6) is 0 Å². The van der Waals surface area contributed by atoms with E-state index in [-0.39, 0.29) is 23.8 Å². The molecule has 0 fully saturated rings. The van der Waals surface area contributed by atoms with E-state index in [1.54, 1.807) is 24.3 Å². The van der Waals surface area contributed by atoms with E-state index in [4.69, 9.17) is 17.3 Å². The Morgan fingerprint density at radius 1 is 1.14 bits per heavy atom. The topological polar surface area (TPSA) is 84.2 Å². The van der Waals surface area contributed by atoms with Gasteiger partial charge >= 0.3 is 0 Å². The van der Waals surface area contributed by atoms with Gasteiger partial charge < -0.3 is 16.4 Å². The number of hydrogen-bond acceptors (Lipinski definition) is 3. The fourth-order valence-corrected chi connectivity index (χ4v) is 3.73.